The van der Waals surface area contributed by atoms with Gasteiger partial charge in [-0.1, -0.05) is 32.0 Å². The molecule has 0 unspecified atom stereocenters. The number of carboxylic acids is 1. The van der Waals surface area contributed by atoms with E-state index in [0.717, 1.165) is 16.9 Å². The molecule has 3 rings (SSSR count). The second kappa shape index (κ2) is 9.19. The number of anilines is 1. The number of hydrogen-bond acceptors (Lipinski definition) is 6. The lowest BCUT2D eigenvalue weighted by Crippen LogP contribution is -2.32. The fourth-order valence-electron chi connectivity index (χ4n) is 3.22. The second-order valence-corrected chi connectivity index (χ2v) is 7.95. The number of para-hydroxylation sites is 1. The third kappa shape index (κ3) is 4.42. The highest BCUT2D eigenvalue weighted by Crippen LogP contribution is 2.24. The average Bonchev–Trinajstić information content (AvgIpc) is 3.13. The molecule has 1 amide bonds. The topological polar surface area (TPSA) is 111 Å². The molecule has 158 valence electrons. The number of aromatic carboxylic acids is 1. The highest BCUT2D eigenvalue weighted by atomic mass is 32.1. The van der Waals surface area contributed by atoms with E-state index in [9.17, 15) is 19.5 Å². The molecule has 2 aromatic heterocycles. The van der Waals surface area contributed by atoms with Crippen molar-refractivity contribution >= 4 is 39.1 Å². The molecule has 2 heterocycles. The van der Waals surface area contributed by atoms with E-state index < -0.39 is 17.4 Å². The van der Waals surface area contributed by atoms with E-state index in [0.29, 0.717) is 29.4 Å². The van der Waals surface area contributed by atoms with E-state index >= 15 is 0 Å². The number of fused-ring (bicyclic) bond motifs is 1. The number of aromatic nitrogens is 2. The van der Waals surface area contributed by atoms with Crippen LogP contribution in [0.5, 0.6) is 0 Å². The van der Waals surface area contributed by atoms with E-state index in [-0.39, 0.29) is 23.4 Å². The van der Waals surface area contributed by atoms with Gasteiger partial charge in [-0.3, -0.25) is 14.2 Å². The molecular formula is C21H23N3O5S. The zero-order chi connectivity index (χ0) is 21.8. The van der Waals surface area contributed by atoms with Crippen molar-refractivity contribution in [2.75, 3.05) is 19.0 Å². The van der Waals surface area contributed by atoms with Crippen molar-refractivity contribution in [3.8, 4) is 0 Å². The number of rotatable bonds is 8. The summed E-state index contributed by atoms with van der Waals surface area (Å²) in [6, 6.07) is 7.48. The Labute approximate surface area is 177 Å². The van der Waals surface area contributed by atoms with Crippen molar-refractivity contribution < 1.29 is 19.4 Å². The Bertz CT molecular complexity index is 1150. The molecule has 1 aromatic carbocycles. The van der Waals surface area contributed by atoms with Crippen LogP contribution in [0.15, 0.2) is 34.4 Å². The number of nitrogens with zero attached hydrogens (tertiary/aromatic N) is 2. The maximum atomic E-state index is 13.1. The molecule has 8 nitrogen and oxygen atoms in total. The molecule has 0 aliphatic rings. The summed E-state index contributed by atoms with van der Waals surface area (Å²) in [4.78, 5) is 42.2. The molecule has 0 bridgehead atoms. The summed E-state index contributed by atoms with van der Waals surface area (Å²) >= 11 is 1.09. The van der Waals surface area contributed by atoms with E-state index in [1.54, 1.807) is 0 Å². The monoisotopic (exact) mass is 429 g/mol. The standard InChI is InChI=1S/C21H23N3O5S/c1-12(2)13-6-4-5-7-15(13)22-17(25)10-24-16(8-9-29-3)23-19-18(20(24)26)14(11-30-19)21(27)28/h4-7,11-12H,8-10H2,1-3H3,(H,22,25)(H,27,28). The third-order valence-electron chi connectivity index (χ3n) is 4.69. The number of hydrogen-bond donors (Lipinski definition) is 2. The molecule has 0 radical (unpaired) electrons. The zero-order valence-electron chi connectivity index (χ0n) is 17.0. The van der Waals surface area contributed by atoms with Crippen LogP contribution >= 0.6 is 11.3 Å². The molecule has 0 saturated heterocycles. The Morgan fingerprint density at radius 1 is 1.30 bits per heavy atom. The van der Waals surface area contributed by atoms with Gasteiger partial charge in [0, 0.05) is 24.6 Å². The van der Waals surface area contributed by atoms with Crippen molar-refractivity contribution in [1.82, 2.24) is 9.55 Å². The lowest BCUT2D eigenvalue weighted by atomic mass is 10.0. The summed E-state index contributed by atoms with van der Waals surface area (Å²) in [5.41, 5.74) is 1.01. The van der Waals surface area contributed by atoms with Crippen LogP contribution < -0.4 is 10.9 Å². The zero-order valence-corrected chi connectivity index (χ0v) is 17.8. The predicted molar refractivity (Wildman–Crippen MR) is 116 cm³/mol. The van der Waals surface area contributed by atoms with Gasteiger partial charge in [-0.15, -0.1) is 11.3 Å². The highest BCUT2D eigenvalue weighted by molar-refractivity contribution is 7.17. The number of methoxy groups -OCH3 is 1. The van der Waals surface area contributed by atoms with E-state index in [1.165, 1.54) is 17.1 Å². The number of ether oxygens (including phenoxy) is 1. The van der Waals surface area contributed by atoms with E-state index in [4.69, 9.17) is 4.74 Å². The van der Waals surface area contributed by atoms with Crippen molar-refractivity contribution in [2.45, 2.75) is 32.7 Å². The summed E-state index contributed by atoms with van der Waals surface area (Å²) < 4.78 is 6.32. The first kappa shape index (κ1) is 21.7. The van der Waals surface area contributed by atoms with Gasteiger partial charge >= 0.3 is 5.97 Å². The number of nitrogens with one attached hydrogen (secondary N) is 1. The van der Waals surface area contributed by atoms with E-state index in [1.807, 2.05) is 38.1 Å². The first-order valence-corrected chi connectivity index (χ1v) is 10.3. The Morgan fingerprint density at radius 2 is 2.03 bits per heavy atom. The summed E-state index contributed by atoms with van der Waals surface area (Å²) in [6.07, 6.45) is 0.317. The number of carbonyl (C=O) groups excluding carboxylic acids is 1. The molecular weight excluding hydrogens is 406 g/mol. The van der Waals surface area contributed by atoms with Crippen LogP contribution in [0.25, 0.3) is 10.2 Å². The summed E-state index contributed by atoms with van der Waals surface area (Å²) in [7, 11) is 1.53. The third-order valence-corrected chi connectivity index (χ3v) is 5.56. The smallest absolute Gasteiger partial charge is 0.337 e. The quantitative estimate of drug-likeness (QED) is 0.569. The molecule has 0 aliphatic heterocycles. The molecule has 9 heteroatoms. The Balaban J connectivity index is 2.00. The van der Waals surface area contributed by atoms with Crippen LogP contribution in [-0.2, 0) is 22.5 Å². The number of thiophene rings is 1. The van der Waals surface area contributed by atoms with Crippen LogP contribution in [0.2, 0.25) is 0 Å². The van der Waals surface area contributed by atoms with Gasteiger partial charge in [0.05, 0.1) is 17.6 Å². The normalized spacial score (nSPS) is 11.2. The van der Waals surface area contributed by atoms with Crippen LogP contribution in [0.1, 0.15) is 41.5 Å². The van der Waals surface area contributed by atoms with Gasteiger partial charge in [0.15, 0.2) is 0 Å². The minimum atomic E-state index is -1.20. The van der Waals surface area contributed by atoms with E-state index in [2.05, 4.69) is 10.3 Å². The number of carbonyl (C=O) groups is 2. The first-order chi connectivity index (χ1) is 14.3. The minimum Gasteiger partial charge on any atom is -0.478 e. The molecule has 2 N–H and O–H groups in total. The molecule has 0 spiro atoms. The van der Waals surface area contributed by atoms with Gasteiger partial charge in [0.25, 0.3) is 5.56 Å². The first-order valence-electron chi connectivity index (χ1n) is 9.45. The van der Waals surface area contributed by atoms with Crippen molar-refractivity contribution in [3.05, 3.63) is 57.0 Å². The fraction of sp³-hybridized carbons (Fsp3) is 0.333. The second-order valence-electron chi connectivity index (χ2n) is 7.09. The number of carboxylic acid groups (broad SMARTS) is 1. The number of benzene rings is 1. The summed E-state index contributed by atoms with van der Waals surface area (Å²) in [6.45, 7) is 4.09. The number of amides is 1. The van der Waals surface area contributed by atoms with Gasteiger partial charge in [-0.05, 0) is 17.5 Å². The van der Waals surface area contributed by atoms with Gasteiger partial charge < -0.3 is 15.2 Å². The SMILES string of the molecule is COCCc1nc2scc(C(=O)O)c2c(=O)n1CC(=O)Nc1ccccc1C(C)C. The van der Waals surface area contributed by atoms with Gasteiger partial charge in [-0.2, -0.15) is 0 Å². The van der Waals surface area contributed by atoms with Crippen molar-refractivity contribution in [2.24, 2.45) is 0 Å². The predicted octanol–water partition coefficient (Wildman–Crippen LogP) is 3.11. The van der Waals surface area contributed by atoms with Gasteiger partial charge in [0.2, 0.25) is 5.91 Å². The van der Waals surface area contributed by atoms with Crippen LogP contribution in [0, 0.1) is 0 Å². The maximum absolute atomic E-state index is 13.1. The van der Waals surface area contributed by atoms with Crippen molar-refractivity contribution in [3.63, 3.8) is 0 Å². The van der Waals surface area contributed by atoms with Crippen molar-refractivity contribution in [1.29, 1.82) is 0 Å². The van der Waals surface area contributed by atoms with Crippen LogP contribution in [-0.4, -0.2) is 40.3 Å². The summed E-state index contributed by atoms with van der Waals surface area (Å²) in [5, 5.41) is 13.7. The van der Waals surface area contributed by atoms with Crippen LogP contribution in [0.4, 0.5) is 5.69 Å². The van der Waals surface area contributed by atoms with Gasteiger partial charge in [-0.25, -0.2) is 9.78 Å². The highest BCUT2D eigenvalue weighted by Gasteiger charge is 2.21. The maximum Gasteiger partial charge on any atom is 0.337 e. The molecule has 0 saturated carbocycles. The molecule has 30 heavy (non-hydrogen) atoms. The fourth-order valence-corrected chi connectivity index (χ4v) is 4.14. The minimum absolute atomic E-state index is 0.0176. The Kier molecular flexibility index (Phi) is 6.63. The summed E-state index contributed by atoms with van der Waals surface area (Å²) in [5.74, 6) is -1.01. The molecule has 0 atom stereocenters. The average molecular weight is 429 g/mol. The lowest BCUT2D eigenvalue weighted by Gasteiger charge is -2.15. The molecule has 3 aromatic rings. The van der Waals surface area contributed by atoms with Gasteiger partial charge in [0.1, 0.15) is 17.2 Å². The molecule has 0 fully saturated rings. The largest absolute Gasteiger partial charge is 0.478 e. The lowest BCUT2D eigenvalue weighted by molar-refractivity contribution is -0.116. The Hall–Kier alpha value is -3.04. The molecule has 0 aliphatic carbocycles. The Morgan fingerprint density at radius 3 is 2.70 bits per heavy atom. The van der Waals surface area contributed by atoms with Crippen LogP contribution in [0.3, 0.4) is 0 Å².